The maximum absolute atomic E-state index is 11.8. The Morgan fingerprint density at radius 2 is 1.89 bits per heavy atom. The highest BCUT2D eigenvalue weighted by atomic mass is 35.5. The van der Waals surface area contributed by atoms with Gasteiger partial charge in [-0.05, 0) is 29.8 Å². The second-order valence-corrected chi connectivity index (χ2v) is 4.58. The number of amides is 1. The van der Waals surface area contributed by atoms with Crippen molar-refractivity contribution in [3.63, 3.8) is 0 Å². The number of hydrogen-bond acceptors (Lipinski definition) is 2. The minimum Gasteiger partial charge on any atom is -0.387 e. The van der Waals surface area contributed by atoms with Gasteiger partial charge in [-0.1, -0.05) is 41.9 Å². The zero-order valence-electron chi connectivity index (χ0n) is 10.2. The Morgan fingerprint density at radius 1 is 1.16 bits per heavy atom. The summed E-state index contributed by atoms with van der Waals surface area (Å²) in [4.78, 5) is 11.8. The van der Waals surface area contributed by atoms with E-state index in [9.17, 15) is 9.90 Å². The molecule has 2 aromatic rings. The molecule has 0 aromatic heterocycles. The fourth-order valence-electron chi connectivity index (χ4n) is 1.71. The SMILES string of the molecule is O=C(NC[C@@H](O)c1cccc(Cl)c1)c1ccccc1. The molecule has 0 aliphatic heterocycles. The van der Waals surface area contributed by atoms with E-state index in [1.165, 1.54) is 0 Å². The van der Waals surface area contributed by atoms with Crippen LogP contribution in [-0.2, 0) is 0 Å². The van der Waals surface area contributed by atoms with Gasteiger partial charge >= 0.3 is 0 Å². The minimum absolute atomic E-state index is 0.147. The van der Waals surface area contributed by atoms with Gasteiger partial charge < -0.3 is 10.4 Å². The lowest BCUT2D eigenvalue weighted by Crippen LogP contribution is -2.28. The van der Waals surface area contributed by atoms with E-state index in [1.54, 1.807) is 48.5 Å². The normalized spacial score (nSPS) is 11.9. The van der Waals surface area contributed by atoms with E-state index in [0.717, 1.165) is 0 Å². The first-order chi connectivity index (χ1) is 9.16. The topological polar surface area (TPSA) is 49.3 Å². The quantitative estimate of drug-likeness (QED) is 0.901. The zero-order chi connectivity index (χ0) is 13.7. The highest BCUT2D eigenvalue weighted by Crippen LogP contribution is 2.17. The third-order valence-electron chi connectivity index (χ3n) is 2.73. The zero-order valence-corrected chi connectivity index (χ0v) is 11.0. The number of halogens is 1. The molecule has 0 fully saturated rings. The number of carbonyl (C=O) groups is 1. The number of carbonyl (C=O) groups excluding carboxylic acids is 1. The van der Waals surface area contributed by atoms with E-state index < -0.39 is 6.10 Å². The molecule has 98 valence electrons. The largest absolute Gasteiger partial charge is 0.387 e. The van der Waals surface area contributed by atoms with E-state index >= 15 is 0 Å². The Hall–Kier alpha value is -1.84. The van der Waals surface area contributed by atoms with Gasteiger partial charge in [-0.2, -0.15) is 0 Å². The van der Waals surface area contributed by atoms with Gasteiger partial charge in [0.1, 0.15) is 0 Å². The van der Waals surface area contributed by atoms with Crippen LogP contribution in [0, 0.1) is 0 Å². The Kier molecular flexibility index (Phi) is 4.55. The molecule has 1 amide bonds. The average Bonchev–Trinajstić information content (AvgIpc) is 2.45. The van der Waals surface area contributed by atoms with E-state index in [2.05, 4.69) is 5.32 Å². The summed E-state index contributed by atoms with van der Waals surface area (Å²) in [7, 11) is 0. The van der Waals surface area contributed by atoms with Gasteiger partial charge in [0, 0.05) is 17.1 Å². The molecule has 4 heteroatoms. The van der Waals surface area contributed by atoms with Crippen molar-refractivity contribution in [3.8, 4) is 0 Å². The van der Waals surface area contributed by atoms with E-state index in [0.29, 0.717) is 16.1 Å². The summed E-state index contributed by atoms with van der Waals surface area (Å²) in [5, 5.41) is 13.2. The maximum Gasteiger partial charge on any atom is 0.251 e. The molecular formula is C15H14ClNO2. The van der Waals surface area contributed by atoms with Gasteiger partial charge in [0.05, 0.1) is 6.10 Å². The Labute approximate surface area is 116 Å². The summed E-state index contributed by atoms with van der Waals surface area (Å²) in [5.74, 6) is -0.207. The number of nitrogens with one attached hydrogen (secondary N) is 1. The fourth-order valence-corrected chi connectivity index (χ4v) is 1.91. The first-order valence-corrected chi connectivity index (χ1v) is 6.31. The Bertz CT molecular complexity index is 557. The van der Waals surface area contributed by atoms with Gasteiger partial charge in [0.2, 0.25) is 0 Å². The second-order valence-electron chi connectivity index (χ2n) is 4.15. The van der Waals surface area contributed by atoms with Crippen molar-refractivity contribution >= 4 is 17.5 Å². The molecule has 0 aliphatic rings. The molecule has 0 radical (unpaired) electrons. The molecule has 0 spiro atoms. The fraction of sp³-hybridized carbons (Fsp3) is 0.133. The van der Waals surface area contributed by atoms with Crippen molar-refractivity contribution in [2.45, 2.75) is 6.10 Å². The van der Waals surface area contributed by atoms with Crippen LogP contribution in [-0.4, -0.2) is 17.6 Å². The maximum atomic E-state index is 11.8. The predicted octanol–water partition coefficient (Wildman–Crippen LogP) is 2.80. The summed E-state index contributed by atoms with van der Waals surface area (Å²) in [6.45, 7) is 0.147. The molecule has 2 aromatic carbocycles. The van der Waals surface area contributed by atoms with Crippen molar-refractivity contribution < 1.29 is 9.90 Å². The van der Waals surface area contributed by atoms with Crippen LogP contribution >= 0.6 is 11.6 Å². The summed E-state index contributed by atoms with van der Waals surface area (Å²) in [5.41, 5.74) is 1.25. The van der Waals surface area contributed by atoms with Gasteiger partial charge in [-0.25, -0.2) is 0 Å². The standard InChI is InChI=1S/C15H14ClNO2/c16-13-8-4-7-12(9-13)14(18)10-17-15(19)11-5-2-1-3-6-11/h1-9,14,18H,10H2,(H,17,19)/t14-/m1/s1. The summed E-state index contributed by atoms with van der Waals surface area (Å²) >= 11 is 5.85. The number of aliphatic hydroxyl groups excluding tert-OH is 1. The minimum atomic E-state index is -0.772. The number of benzene rings is 2. The lowest BCUT2D eigenvalue weighted by Gasteiger charge is -2.12. The molecule has 3 nitrogen and oxygen atoms in total. The van der Waals surface area contributed by atoms with Crippen LogP contribution in [0.15, 0.2) is 54.6 Å². The third-order valence-corrected chi connectivity index (χ3v) is 2.96. The van der Waals surface area contributed by atoms with Crippen molar-refractivity contribution in [1.82, 2.24) is 5.32 Å². The molecule has 0 aliphatic carbocycles. The van der Waals surface area contributed by atoms with Crippen LogP contribution < -0.4 is 5.32 Å². The summed E-state index contributed by atoms with van der Waals surface area (Å²) < 4.78 is 0. The monoisotopic (exact) mass is 275 g/mol. The van der Waals surface area contributed by atoms with Crippen LogP contribution in [0.4, 0.5) is 0 Å². The molecule has 0 heterocycles. The van der Waals surface area contributed by atoms with Gasteiger partial charge in [0.15, 0.2) is 0 Å². The smallest absolute Gasteiger partial charge is 0.251 e. The summed E-state index contributed by atoms with van der Waals surface area (Å²) in [6, 6.07) is 15.8. The summed E-state index contributed by atoms with van der Waals surface area (Å²) in [6.07, 6.45) is -0.772. The van der Waals surface area contributed by atoms with Crippen LogP contribution in [0.25, 0.3) is 0 Å². The van der Waals surface area contributed by atoms with Gasteiger partial charge in [0.25, 0.3) is 5.91 Å². The van der Waals surface area contributed by atoms with Gasteiger partial charge in [-0.15, -0.1) is 0 Å². The first-order valence-electron chi connectivity index (χ1n) is 5.93. The van der Waals surface area contributed by atoms with E-state index in [4.69, 9.17) is 11.6 Å². The van der Waals surface area contributed by atoms with Crippen molar-refractivity contribution in [2.24, 2.45) is 0 Å². The Morgan fingerprint density at radius 3 is 2.58 bits per heavy atom. The number of rotatable bonds is 4. The molecular weight excluding hydrogens is 262 g/mol. The molecule has 0 saturated heterocycles. The first kappa shape index (κ1) is 13.6. The molecule has 0 bridgehead atoms. The van der Waals surface area contributed by atoms with Crippen molar-refractivity contribution in [3.05, 3.63) is 70.7 Å². The molecule has 2 rings (SSSR count). The predicted molar refractivity (Wildman–Crippen MR) is 75.2 cm³/mol. The van der Waals surface area contributed by atoms with Gasteiger partial charge in [-0.3, -0.25) is 4.79 Å². The lowest BCUT2D eigenvalue weighted by atomic mass is 10.1. The van der Waals surface area contributed by atoms with Crippen LogP contribution in [0.3, 0.4) is 0 Å². The highest BCUT2D eigenvalue weighted by molar-refractivity contribution is 6.30. The second kappa shape index (κ2) is 6.36. The Balaban J connectivity index is 1.94. The van der Waals surface area contributed by atoms with E-state index in [-0.39, 0.29) is 12.5 Å². The van der Waals surface area contributed by atoms with Crippen LogP contribution in [0.2, 0.25) is 5.02 Å². The molecule has 2 N–H and O–H groups in total. The molecule has 0 saturated carbocycles. The van der Waals surface area contributed by atoms with E-state index in [1.807, 2.05) is 6.07 Å². The average molecular weight is 276 g/mol. The van der Waals surface area contributed by atoms with Crippen molar-refractivity contribution in [1.29, 1.82) is 0 Å². The van der Waals surface area contributed by atoms with Crippen LogP contribution in [0.5, 0.6) is 0 Å². The van der Waals surface area contributed by atoms with Crippen molar-refractivity contribution in [2.75, 3.05) is 6.54 Å². The molecule has 0 unspecified atom stereocenters. The molecule has 1 atom stereocenters. The van der Waals surface area contributed by atoms with Crippen LogP contribution in [0.1, 0.15) is 22.0 Å². The lowest BCUT2D eigenvalue weighted by molar-refractivity contribution is 0.0916. The third kappa shape index (κ3) is 3.81. The number of aliphatic hydroxyl groups is 1. The highest BCUT2D eigenvalue weighted by Gasteiger charge is 2.10. The number of hydrogen-bond donors (Lipinski definition) is 2. The molecule has 19 heavy (non-hydrogen) atoms.